The van der Waals surface area contributed by atoms with Gasteiger partial charge in [-0.1, -0.05) is 45.2 Å². The maximum atomic E-state index is 2.48. The maximum Gasteiger partial charge on any atom is 0.0306 e. The monoisotopic (exact) mass is 338 g/mol. The van der Waals surface area contributed by atoms with Gasteiger partial charge in [0, 0.05) is 6.84 Å². The lowest BCUT2D eigenvalue weighted by Gasteiger charge is -2.30. The molecule has 0 fully saturated rings. The Morgan fingerprint density at radius 3 is 0.875 bits per heavy atom. The van der Waals surface area contributed by atoms with Crippen LogP contribution in [0.1, 0.15) is 27.7 Å². The summed E-state index contributed by atoms with van der Waals surface area (Å²) in [5.74, 6) is 0. The van der Waals surface area contributed by atoms with Gasteiger partial charge in [0.2, 0.25) is 0 Å². The average Bonchev–Trinajstić information content (AvgIpc) is 1.25. The molecule has 0 rings (SSSR count). The van der Waals surface area contributed by atoms with E-state index in [-0.39, 0.29) is 0 Å². The standard InChI is InChI=1S/C6H12I2/c1-5(2,7)6(3,4)8/h1-4H3. The van der Waals surface area contributed by atoms with E-state index in [9.17, 15) is 0 Å². The molecule has 0 saturated heterocycles. The zero-order chi connectivity index (χ0) is 7.00. The normalized spacial score (nSPS) is 14.2. The fourth-order valence-electron chi connectivity index (χ4n) is 0. The SMILES string of the molecule is CC(C)(I)C(C)(C)I. The average molecular weight is 338 g/mol. The van der Waals surface area contributed by atoms with E-state index in [4.69, 9.17) is 0 Å². The van der Waals surface area contributed by atoms with Crippen LogP contribution >= 0.6 is 45.2 Å². The van der Waals surface area contributed by atoms with E-state index in [2.05, 4.69) is 72.9 Å². The van der Waals surface area contributed by atoms with Crippen molar-refractivity contribution in [3.05, 3.63) is 0 Å². The van der Waals surface area contributed by atoms with E-state index in [1.807, 2.05) is 0 Å². The molecule has 0 spiro atoms. The van der Waals surface area contributed by atoms with Crippen molar-refractivity contribution in [3.63, 3.8) is 0 Å². The molecule has 2 heteroatoms. The predicted molar refractivity (Wildman–Crippen MR) is 56.2 cm³/mol. The molecule has 0 aromatic rings. The van der Waals surface area contributed by atoms with Crippen LogP contribution in [0.5, 0.6) is 0 Å². The fourth-order valence-corrected chi connectivity index (χ4v) is 0. The third-order valence-corrected chi connectivity index (χ3v) is 5.14. The minimum atomic E-state index is 0.394. The van der Waals surface area contributed by atoms with Gasteiger partial charge in [0.15, 0.2) is 0 Å². The lowest BCUT2D eigenvalue weighted by molar-refractivity contribution is 0.605. The summed E-state index contributed by atoms with van der Waals surface area (Å²) >= 11 is 4.95. The van der Waals surface area contributed by atoms with Crippen molar-refractivity contribution in [2.75, 3.05) is 0 Å². The molecule has 0 unspecified atom stereocenters. The van der Waals surface area contributed by atoms with Crippen LogP contribution < -0.4 is 0 Å². The molecule has 8 heavy (non-hydrogen) atoms. The minimum Gasteiger partial charge on any atom is -0.0780 e. The van der Waals surface area contributed by atoms with E-state index in [1.165, 1.54) is 0 Å². The minimum absolute atomic E-state index is 0.394. The van der Waals surface area contributed by atoms with Crippen LogP contribution in [0, 0.1) is 0 Å². The Balaban J connectivity index is 4.02. The molecule has 0 bridgehead atoms. The second kappa shape index (κ2) is 2.60. The summed E-state index contributed by atoms with van der Waals surface area (Å²) in [5, 5.41) is 0. The third-order valence-electron chi connectivity index (χ3n) is 1.41. The summed E-state index contributed by atoms with van der Waals surface area (Å²) in [6.45, 7) is 9.00. The van der Waals surface area contributed by atoms with Crippen molar-refractivity contribution < 1.29 is 0 Å². The van der Waals surface area contributed by atoms with Gasteiger partial charge in [-0.3, -0.25) is 0 Å². The van der Waals surface area contributed by atoms with E-state index < -0.39 is 0 Å². The molecule has 0 radical (unpaired) electrons. The third kappa shape index (κ3) is 2.85. The summed E-state index contributed by atoms with van der Waals surface area (Å²) in [6, 6.07) is 0. The number of alkyl halides is 2. The van der Waals surface area contributed by atoms with Gasteiger partial charge in [-0.15, -0.1) is 0 Å². The Morgan fingerprint density at radius 2 is 0.875 bits per heavy atom. The summed E-state index contributed by atoms with van der Waals surface area (Å²) in [5.41, 5.74) is 0. The van der Waals surface area contributed by atoms with Gasteiger partial charge in [0.05, 0.1) is 0 Å². The van der Waals surface area contributed by atoms with E-state index in [0.717, 1.165) is 0 Å². The van der Waals surface area contributed by atoms with Gasteiger partial charge in [-0.25, -0.2) is 0 Å². The quantitative estimate of drug-likeness (QED) is 0.508. The lowest BCUT2D eigenvalue weighted by atomic mass is 10.0. The van der Waals surface area contributed by atoms with E-state index in [1.54, 1.807) is 0 Å². The van der Waals surface area contributed by atoms with Crippen molar-refractivity contribution in [2.45, 2.75) is 34.5 Å². The van der Waals surface area contributed by atoms with Gasteiger partial charge in [-0.05, 0) is 27.7 Å². The molecule has 0 aliphatic carbocycles. The highest BCUT2D eigenvalue weighted by Gasteiger charge is 2.30. The molecular weight excluding hydrogens is 326 g/mol. The van der Waals surface area contributed by atoms with Crippen molar-refractivity contribution in [2.24, 2.45) is 0 Å². The molecule has 0 saturated carbocycles. The molecule has 0 aliphatic heterocycles. The topological polar surface area (TPSA) is 0 Å². The highest BCUT2D eigenvalue weighted by Crippen LogP contribution is 2.37. The van der Waals surface area contributed by atoms with Crippen molar-refractivity contribution in [1.29, 1.82) is 0 Å². The van der Waals surface area contributed by atoms with Crippen LogP contribution in [-0.2, 0) is 0 Å². The van der Waals surface area contributed by atoms with E-state index in [0.29, 0.717) is 6.84 Å². The number of hydrogen-bond donors (Lipinski definition) is 0. The van der Waals surface area contributed by atoms with Gasteiger partial charge in [0.25, 0.3) is 0 Å². The van der Waals surface area contributed by atoms with Gasteiger partial charge >= 0.3 is 0 Å². The summed E-state index contributed by atoms with van der Waals surface area (Å²) in [7, 11) is 0. The Hall–Kier alpha value is 1.46. The van der Waals surface area contributed by atoms with Crippen LogP contribution in [0.15, 0.2) is 0 Å². The molecule has 0 aromatic heterocycles. The molecule has 0 amide bonds. The second-order valence-corrected chi connectivity index (χ2v) is 8.34. The Morgan fingerprint density at radius 1 is 0.750 bits per heavy atom. The van der Waals surface area contributed by atoms with Crippen LogP contribution in [0.25, 0.3) is 0 Å². The van der Waals surface area contributed by atoms with Gasteiger partial charge in [0.1, 0.15) is 0 Å². The highest BCUT2D eigenvalue weighted by atomic mass is 127. The van der Waals surface area contributed by atoms with Gasteiger partial charge in [-0.2, -0.15) is 0 Å². The zero-order valence-corrected chi connectivity index (χ0v) is 10.1. The van der Waals surface area contributed by atoms with Crippen LogP contribution in [0.2, 0.25) is 0 Å². The summed E-state index contributed by atoms with van der Waals surface area (Å²) in [6.07, 6.45) is 0. The largest absolute Gasteiger partial charge is 0.0780 e. The van der Waals surface area contributed by atoms with Crippen LogP contribution in [0.4, 0.5) is 0 Å². The molecule has 0 aliphatic rings. The van der Waals surface area contributed by atoms with Crippen LogP contribution in [0.3, 0.4) is 0 Å². The number of halogens is 2. The van der Waals surface area contributed by atoms with Crippen molar-refractivity contribution >= 4 is 45.2 Å². The second-order valence-electron chi connectivity index (χ2n) is 2.94. The molecule has 0 N–H and O–H groups in total. The Labute approximate surface area is 79.1 Å². The maximum absolute atomic E-state index is 2.48. The number of rotatable bonds is 1. The number of hydrogen-bond acceptors (Lipinski definition) is 0. The zero-order valence-electron chi connectivity index (χ0n) is 5.76. The van der Waals surface area contributed by atoms with Gasteiger partial charge < -0.3 is 0 Å². The molecule has 0 nitrogen and oxygen atoms in total. The summed E-state index contributed by atoms with van der Waals surface area (Å²) < 4.78 is 0.788. The van der Waals surface area contributed by atoms with Crippen LogP contribution in [-0.4, -0.2) is 6.84 Å². The molecular formula is C6H12I2. The molecule has 0 heterocycles. The predicted octanol–water partition coefficient (Wildman–Crippen LogP) is 3.41. The molecule has 0 aromatic carbocycles. The smallest absolute Gasteiger partial charge is 0.0306 e. The highest BCUT2D eigenvalue weighted by molar-refractivity contribution is 14.1. The Bertz CT molecular complexity index is 61.5. The molecule has 50 valence electrons. The first-order valence-corrected chi connectivity index (χ1v) is 4.79. The van der Waals surface area contributed by atoms with Crippen molar-refractivity contribution in [1.82, 2.24) is 0 Å². The van der Waals surface area contributed by atoms with E-state index >= 15 is 0 Å². The molecule has 0 atom stereocenters. The first-order valence-electron chi connectivity index (χ1n) is 2.63. The Kier molecular flexibility index (Phi) is 3.07. The summed E-state index contributed by atoms with van der Waals surface area (Å²) in [4.78, 5) is 0. The first-order chi connectivity index (χ1) is 3.25. The van der Waals surface area contributed by atoms with Crippen molar-refractivity contribution in [3.8, 4) is 0 Å². The lowest BCUT2D eigenvalue weighted by Crippen LogP contribution is -2.32. The first kappa shape index (κ1) is 9.46. The fraction of sp³-hybridized carbons (Fsp3) is 1.00.